The van der Waals surface area contributed by atoms with E-state index in [9.17, 15) is 13.9 Å². The molecule has 1 unspecified atom stereocenters. The predicted molar refractivity (Wildman–Crippen MR) is 113 cm³/mol. The van der Waals surface area contributed by atoms with Crippen LogP contribution in [-0.4, -0.2) is 72.1 Å². The Morgan fingerprint density at radius 3 is 2.28 bits per heavy atom. The minimum absolute atomic E-state index is 0.00316. The monoisotopic (exact) mass is 441 g/mol. The average molecular weight is 441 g/mol. The molecule has 5 rings (SSSR count). The maximum Gasteiger partial charge on any atom is 0.268 e. The van der Waals surface area contributed by atoms with Crippen molar-refractivity contribution in [2.75, 3.05) is 36.0 Å². The lowest BCUT2D eigenvalue weighted by Gasteiger charge is -2.35. The van der Waals surface area contributed by atoms with Crippen molar-refractivity contribution in [3.05, 3.63) is 48.9 Å². The largest absolute Gasteiger partial charge is 0.382 e. The van der Waals surface area contributed by atoms with E-state index in [2.05, 4.69) is 36.1 Å². The third-order valence-electron chi connectivity index (χ3n) is 5.52. The number of hydrogen-bond donors (Lipinski definition) is 1. The lowest BCUT2D eigenvalue weighted by molar-refractivity contribution is -0.00615. The molecule has 0 radical (unpaired) electrons. The quantitative estimate of drug-likeness (QED) is 0.498. The normalized spacial score (nSPS) is 15.7. The smallest absolute Gasteiger partial charge is 0.268 e. The molecule has 1 saturated heterocycles. The number of aliphatic hydroxyl groups excluding tert-OH is 1. The van der Waals surface area contributed by atoms with Gasteiger partial charge in [-0.3, -0.25) is 4.68 Å². The van der Waals surface area contributed by atoms with Gasteiger partial charge in [-0.1, -0.05) is 0 Å². The average Bonchev–Trinajstić information content (AvgIpc) is 3.44. The summed E-state index contributed by atoms with van der Waals surface area (Å²) >= 11 is 0. The molecule has 10 nitrogen and oxygen atoms in total. The Kier molecular flexibility index (Phi) is 5.13. The molecular weight excluding hydrogens is 420 g/mol. The fourth-order valence-electron chi connectivity index (χ4n) is 3.80. The number of halogens is 2. The zero-order chi connectivity index (χ0) is 22.2. The highest BCUT2D eigenvalue weighted by Gasteiger charge is 2.24. The van der Waals surface area contributed by atoms with Gasteiger partial charge in [-0.05, 0) is 6.07 Å². The van der Waals surface area contributed by atoms with Gasteiger partial charge in [0.15, 0.2) is 5.82 Å². The maximum absolute atomic E-state index is 12.6. The third-order valence-corrected chi connectivity index (χ3v) is 5.52. The first-order chi connectivity index (χ1) is 15.5. The van der Waals surface area contributed by atoms with E-state index in [0.717, 1.165) is 22.5 Å². The Labute approximate surface area is 181 Å². The van der Waals surface area contributed by atoms with Gasteiger partial charge in [-0.15, -0.1) is 0 Å². The number of rotatable bonds is 5. The summed E-state index contributed by atoms with van der Waals surface area (Å²) in [6.45, 7) is 2.65. The van der Waals surface area contributed by atoms with E-state index in [1.807, 2.05) is 35.1 Å². The van der Waals surface area contributed by atoms with Crippen LogP contribution in [0.3, 0.4) is 0 Å². The van der Waals surface area contributed by atoms with Crippen LogP contribution in [-0.2, 0) is 7.05 Å². The van der Waals surface area contributed by atoms with Crippen LogP contribution in [0.5, 0.6) is 0 Å². The first-order valence-electron chi connectivity index (χ1n) is 10.1. The lowest BCUT2D eigenvalue weighted by atomic mass is 10.2. The topological polar surface area (TPSA) is 100 Å². The van der Waals surface area contributed by atoms with Crippen molar-refractivity contribution in [1.82, 2.24) is 34.3 Å². The molecule has 1 fully saturated rings. The summed E-state index contributed by atoms with van der Waals surface area (Å²) in [6.07, 6.45) is 5.01. The summed E-state index contributed by atoms with van der Waals surface area (Å²) in [5, 5.41) is 18.0. The van der Waals surface area contributed by atoms with Crippen molar-refractivity contribution in [2.24, 2.45) is 7.05 Å². The number of hydrogen-bond acceptors (Lipinski definition) is 8. The number of piperazine rings is 1. The number of aromatic nitrogens is 7. The van der Waals surface area contributed by atoms with Crippen LogP contribution in [0.2, 0.25) is 0 Å². The highest BCUT2D eigenvalue weighted by Crippen LogP contribution is 2.27. The molecule has 1 aliphatic heterocycles. The number of alkyl halides is 2. The molecule has 0 saturated carbocycles. The molecule has 1 N–H and O–H groups in total. The van der Waals surface area contributed by atoms with Crippen molar-refractivity contribution in [3.63, 3.8) is 0 Å². The van der Waals surface area contributed by atoms with Crippen LogP contribution in [0.25, 0.3) is 16.6 Å². The second-order valence-corrected chi connectivity index (χ2v) is 7.61. The van der Waals surface area contributed by atoms with Crippen LogP contribution in [0.1, 0.15) is 11.7 Å². The number of aryl methyl sites for hydroxylation is 1. The number of aliphatic hydroxyl groups is 1. The van der Waals surface area contributed by atoms with Crippen molar-refractivity contribution in [1.29, 1.82) is 0 Å². The fraction of sp³-hybridized carbons (Fsp3) is 0.350. The molecule has 0 spiro atoms. The first kappa shape index (κ1) is 20.2. The summed E-state index contributed by atoms with van der Waals surface area (Å²) in [6, 6.07) is 2.05. The van der Waals surface area contributed by atoms with E-state index < -0.39 is 12.5 Å². The Bertz CT molecular complexity index is 1220. The molecule has 5 heterocycles. The van der Waals surface area contributed by atoms with Gasteiger partial charge in [0.25, 0.3) is 6.43 Å². The standard InChI is InChI=1S/C20H21F2N9O/c1-28-10-15(9-26-28)13-6-16-19(25-12-27-31(16)11-13)29-2-4-30(5-3-29)20-23-7-14(8-24-20)17(32)18(21)22/h6-12,17-18,32H,2-5H2,1H3. The maximum atomic E-state index is 12.6. The molecule has 12 heteroatoms. The molecule has 4 aromatic rings. The molecule has 166 valence electrons. The van der Waals surface area contributed by atoms with Crippen molar-refractivity contribution in [3.8, 4) is 11.1 Å². The van der Waals surface area contributed by atoms with E-state index in [1.165, 1.54) is 18.7 Å². The van der Waals surface area contributed by atoms with Crippen molar-refractivity contribution in [2.45, 2.75) is 12.5 Å². The van der Waals surface area contributed by atoms with Gasteiger partial charge in [0.1, 0.15) is 17.9 Å². The van der Waals surface area contributed by atoms with E-state index in [1.54, 1.807) is 4.68 Å². The summed E-state index contributed by atoms with van der Waals surface area (Å²) in [4.78, 5) is 17.0. The van der Waals surface area contributed by atoms with Crippen LogP contribution < -0.4 is 9.80 Å². The van der Waals surface area contributed by atoms with Crippen LogP contribution in [0.4, 0.5) is 20.5 Å². The Hall–Kier alpha value is -3.67. The first-order valence-corrected chi connectivity index (χ1v) is 10.1. The van der Waals surface area contributed by atoms with Gasteiger partial charge in [0.2, 0.25) is 5.95 Å². The summed E-state index contributed by atoms with van der Waals surface area (Å²) in [5.41, 5.74) is 2.93. The fourth-order valence-corrected chi connectivity index (χ4v) is 3.80. The highest BCUT2D eigenvalue weighted by molar-refractivity contribution is 5.77. The molecular formula is C20H21F2N9O. The van der Waals surface area contributed by atoms with Gasteiger partial charge >= 0.3 is 0 Å². The SMILES string of the molecule is Cn1cc(-c2cc3c(N4CCN(c5ncc(C(O)C(F)F)cn5)CC4)ncnn3c2)cn1. The lowest BCUT2D eigenvalue weighted by Crippen LogP contribution is -2.47. The minimum atomic E-state index is -2.87. The molecule has 0 aromatic carbocycles. The van der Waals surface area contributed by atoms with Gasteiger partial charge in [-0.2, -0.15) is 10.2 Å². The van der Waals surface area contributed by atoms with Crippen LogP contribution >= 0.6 is 0 Å². The van der Waals surface area contributed by atoms with Crippen LogP contribution in [0.15, 0.2) is 43.4 Å². The molecule has 4 aromatic heterocycles. The molecule has 0 amide bonds. The number of anilines is 2. The second kappa shape index (κ2) is 8.11. The van der Waals surface area contributed by atoms with E-state index in [-0.39, 0.29) is 5.56 Å². The Balaban J connectivity index is 1.31. The number of fused-ring (bicyclic) bond motifs is 1. The minimum Gasteiger partial charge on any atom is -0.382 e. The molecule has 1 atom stereocenters. The van der Waals surface area contributed by atoms with Gasteiger partial charge in [0.05, 0.1) is 6.20 Å². The predicted octanol–water partition coefficient (Wildman–Crippen LogP) is 1.54. The number of nitrogens with zero attached hydrogens (tertiary/aromatic N) is 9. The summed E-state index contributed by atoms with van der Waals surface area (Å²) < 4.78 is 28.9. The van der Waals surface area contributed by atoms with E-state index >= 15 is 0 Å². The zero-order valence-corrected chi connectivity index (χ0v) is 17.3. The Morgan fingerprint density at radius 2 is 1.62 bits per heavy atom. The zero-order valence-electron chi connectivity index (χ0n) is 17.3. The Morgan fingerprint density at radius 1 is 0.906 bits per heavy atom. The van der Waals surface area contributed by atoms with Crippen molar-refractivity contribution >= 4 is 17.3 Å². The summed E-state index contributed by atoms with van der Waals surface area (Å²) in [7, 11) is 1.88. The molecule has 0 bridgehead atoms. The second-order valence-electron chi connectivity index (χ2n) is 7.61. The summed E-state index contributed by atoms with van der Waals surface area (Å²) in [5.74, 6) is 1.29. The molecule has 0 aliphatic carbocycles. The van der Waals surface area contributed by atoms with E-state index in [0.29, 0.717) is 32.1 Å². The molecule has 1 aliphatic rings. The third kappa shape index (κ3) is 3.73. The van der Waals surface area contributed by atoms with Gasteiger partial charge < -0.3 is 14.9 Å². The highest BCUT2D eigenvalue weighted by atomic mass is 19.3. The van der Waals surface area contributed by atoms with E-state index in [4.69, 9.17) is 0 Å². The van der Waals surface area contributed by atoms with Gasteiger partial charge in [-0.25, -0.2) is 28.2 Å². The molecule has 32 heavy (non-hydrogen) atoms. The van der Waals surface area contributed by atoms with Crippen molar-refractivity contribution < 1.29 is 13.9 Å². The van der Waals surface area contributed by atoms with Gasteiger partial charge in [0, 0.05) is 74.7 Å². The van der Waals surface area contributed by atoms with Crippen LogP contribution in [0, 0.1) is 0 Å².